The maximum absolute atomic E-state index is 5.54. The number of nitrogens with zero attached hydrogens (tertiary/aromatic N) is 5. The van der Waals surface area contributed by atoms with Gasteiger partial charge in [0.2, 0.25) is 11.8 Å². The van der Waals surface area contributed by atoms with Gasteiger partial charge in [0, 0.05) is 13.0 Å². The van der Waals surface area contributed by atoms with Crippen LogP contribution in [-0.4, -0.2) is 25.0 Å². The molecule has 0 amide bonds. The molecule has 0 bridgehead atoms. The van der Waals surface area contributed by atoms with E-state index in [4.69, 9.17) is 8.83 Å². The first-order chi connectivity index (χ1) is 11.2. The van der Waals surface area contributed by atoms with Crippen LogP contribution in [-0.2, 0) is 18.7 Å². The van der Waals surface area contributed by atoms with Gasteiger partial charge >= 0.3 is 0 Å². The van der Waals surface area contributed by atoms with E-state index in [-0.39, 0.29) is 0 Å². The van der Waals surface area contributed by atoms with Crippen LogP contribution in [0, 0.1) is 5.92 Å². The van der Waals surface area contributed by atoms with Crippen LogP contribution in [0.15, 0.2) is 32.4 Å². The molecule has 0 radical (unpaired) electrons. The molecule has 0 spiro atoms. The highest BCUT2D eigenvalue weighted by atomic mass is 32.2. The molecular weight excluding hydrogens is 314 g/mol. The van der Waals surface area contributed by atoms with Gasteiger partial charge < -0.3 is 8.83 Å². The first-order valence-corrected chi connectivity index (χ1v) is 8.57. The van der Waals surface area contributed by atoms with Gasteiger partial charge in [0.05, 0.1) is 12.0 Å². The maximum atomic E-state index is 5.54. The van der Waals surface area contributed by atoms with Crippen molar-refractivity contribution < 1.29 is 8.83 Å². The molecular formula is C15H19N5O2S. The lowest BCUT2D eigenvalue weighted by Gasteiger charge is -2.10. The van der Waals surface area contributed by atoms with Gasteiger partial charge in [-0.2, -0.15) is 0 Å². The second kappa shape index (κ2) is 6.99. The van der Waals surface area contributed by atoms with E-state index in [0.29, 0.717) is 23.5 Å². The molecule has 7 nitrogen and oxygen atoms in total. The van der Waals surface area contributed by atoms with Crippen molar-refractivity contribution in [1.29, 1.82) is 0 Å². The van der Waals surface area contributed by atoms with Crippen LogP contribution in [0.5, 0.6) is 0 Å². The molecule has 0 aromatic carbocycles. The van der Waals surface area contributed by atoms with Crippen LogP contribution in [0.2, 0.25) is 0 Å². The lowest BCUT2D eigenvalue weighted by Crippen LogP contribution is -2.07. The van der Waals surface area contributed by atoms with Crippen LogP contribution in [0.1, 0.15) is 32.6 Å². The molecule has 0 fully saturated rings. The Morgan fingerprint density at radius 1 is 1.17 bits per heavy atom. The smallest absolute Gasteiger partial charge is 0.226 e. The summed E-state index contributed by atoms with van der Waals surface area (Å²) in [5.41, 5.74) is 0. The predicted octanol–water partition coefficient (Wildman–Crippen LogP) is 3.43. The van der Waals surface area contributed by atoms with Gasteiger partial charge in [0.25, 0.3) is 0 Å². The molecule has 23 heavy (non-hydrogen) atoms. The second-order valence-corrected chi connectivity index (χ2v) is 6.46. The first kappa shape index (κ1) is 15.8. The van der Waals surface area contributed by atoms with Crippen molar-refractivity contribution in [2.75, 3.05) is 0 Å². The number of thioether (sulfide) groups is 1. The molecule has 8 heteroatoms. The Morgan fingerprint density at radius 2 is 2.00 bits per heavy atom. The monoisotopic (exact) mass is 333 g/mol. The van der Waals surface area contributed by atoms with Gasteiger partial charge in [-0.3, -0.25) is 4.57 Å². The molecule has 0 N–H and O–H groups in total. The number of rotatable bonds is 7. The van der Waals surface area contributed by atoms with Gasteiger partial charge in [-0.05, 0) is 18.1 Å². The van der Waals surface area contributed by atoms with Crippen molar-refractivity contribution in [3.63, 3.8) is 0 Å². The van der Waals surface area contributed by atoms with Gasteiger partial charge in [-0.1, -0.05) is 32.5 Å². The highest BCUT2D eigenvalue weighted by molar-refractivity contribution is 7.98. The lowest BCUT2D eigenvalue weighted by atomic mass is 10.2. The van der Waals surface area contributed by atoms with Crippen LogP contribution in [0.4, 0.5) is 0 Å². The van der Waals surface area contributed by atoms with Crippen molar-refractivity contribution >= 4 is 11.8 Å². The summed E-state index contributed by atoms with van der Waals surface area (Å²) >= 11 is 1.54. The summed E-state index contributed by atoms with van der Waals surface area (Å²) in [4.78, 5) is 0. The van der Waals surface area contributed by atoms with Crippen LogP contribution in [0.3, 0.4) is 0 Å². The average Bonchev–Trinajstić information content (AvgIpc) is 3.25. The molecule has 0 aliphatic carbocycles. The summed E-state index contributed by atoms with van der Waals surface area (Å²) in [5, 5.41) is 17.4. The number of aromatic nitrogens is 5. The van der Waals surface area contributed by atoms with Crippen molar-refractivity contribution in [2.45, 2.75) is 44.6 Å². The molecule has 0 saturated heterocycles. The number of hydrogen-bond donors (Lipinski definition) is 0. The van der Waals surface area contributed by atoms with E-state index in [0.717, 1.165) is 29.7 Å². The standard InChI is InChI=1S/C15H19N5O2S/c1-4-12-16-17-13(22-12)9-23-15-19-18-14(11-6-5-7-21-11)20(15)8-10(2)3/h5-7,10H,4,8-9H2,1-3H3. The second-order valence-electron chi connectivity index (χ2n) is 5.52. The number of furan rings is 1. The van der Waals surface area contributed by atoms with Crippen molar-refractivity contribution in [1.82, 2.24) is 25.0 Å². The van der Waals surface area contributed by atoms with Crippen molar-refractivity contribution in [3.05, 3.63) is 30.2 Å². The predicted molar refractivity (Wildman–Crippen MR) is 85.8 cm³/mol. The van der Waals surface area contributed by atoms with Gasteiger partial charge in [0.15, 0.2) is 16.7 Å². The zero-order chi connectivity index (χ0) is 16.2. The fraction of sp³-hybridized carbons (Fsp3) is 0.467. The highest BCUT2D eigenvalue weighted by Gasteiger charge is 2.18. The molecule has 3 aromatic rings. The van der Waals surface area contributed by atoms with E-state index in [1.807, 2.05) is 19.1 Å². The summed E-state index contributed by atoms with van der Waals surface area (Å²) in [7, 11) is 0. The zero-order valence-electron chi connectivity index (χ0n) is 13.4. The number of aryl methyl sites for hydroxylation is 1. The van der Waals surface area contributed by atoms with E-state index < -0.39 is 0 Å². The fourth-order valence-corrected chi connectivity index (χ4v) is 2.91. The molecule has 3 rings (SSSR count). The topological polar surface area (TPSA) is 82.8 Å². The Morgan fingerprint density at radius 3 is 2.65 bits per heavy atom. The Bertz CT molecular complexity index is 748. The van der Waals surface area contributed by atoms with Gasteiger partial charge in [-0.25, -0.2) is 0 Å². The first-order valence-electron chi connectivity index (χ1n) is 7.58. The average molecular weight is 333 g/mol. The van der Waals surface area contributed by atoms with E-state index in [1.165, 1.54) is 11.8 Å². The lowest BCUT2D eigenvalue weighted by molar-refractivity contribution is 0.469. The molecule has 0 aliphatic heterocycles. The quantitative estimate of drug-likeness (QED) is 0.612. The third-order valence-corrected chi connectivity index (χ3v) is 4.09. The number of hydrogen-bond acceptors (Lipinski definition) is 7. The summed E-state index contributed by atoms with van der Waals surface area (Å²) in [6.07, 6.45) is 2.38. The largest absolute Gasteiger partial charge is 0.461 e. The third kappa shape index (κ3) is 3.64. The Labute approximate surface area is 138 Å². The summed E-state index contributed by atoms with van der Waals surface area (Å²) in [5.74, 6) is 3.75. The van der Waals surface area contributed by atoms with Gasteiger partial charge in [-0.15, -0.1) is 20.4 Å². The van der Waals surface area contributed by atoms with E-state index in [1.54, 1.807) is 6.26 Å². The van der Waals surface area contributed by atoms with E-state index >= 15 is 0 Å². The summed E-state index contributed by atoms with van der Waals surface area (Å²) in [6.45, 7) is 7.12. The Balaban J connectivity index is 1.80. The normalized spacial score (nSPS) is 11.5. The summed E-state index contributed by atoms with van der Waals surface area (Å²) < 4.78 is 13.1. The third-order valence-electron chi connectivity index (χ3n) is 3.14. The minimum Gasteiger partial charge on any atom is -0.461 e. The van der Waals surface area contributed by atoms with Crippen LogP contribution >= 0.6 is 11.8 Å². The molecule has 0 aliphatic rings. The Hall–Kier alpha value is -2.09. The molecule has 122 valence electrons. The minimum atomic E-state index is 0.467. The van der Waals surface area contributed by atoms with E-state index in [2.05, 4.69) is 38.8 Å². The zero-order valence-corrected chi connectivity index (χ0v) is 14.2. The molecule has 0 saturated carbocycles. The van der Waals surface area contributed by atoms with E-state index in [9.17, 15) is 0 Å². The highest BCUT2D eigenvalue weighted by Crippen LogP contribution is 2.27. The minimum absolute atomic E-state index is 0.467. The Kier molecular flexibility index (Phi) is 4.80. The fourth-order valence-electron chi connectivity index (χ4n) is 2.13. The molecule has 3 heterocycles. The van der Waals surface area contributed by atoms with Crippen molar-refractivity contribution in [3.8, 4) is 11.6 Å². The SMILES string of the molecule is CCc1nnc(CSc2nnc(-c3ccco3)n2CC(C)C)o1. The van der Waals surface area contributed by atoms with Crippen molar-refractivity contribution in [2.24, 2.45) is 5.92 Å². The molecule has 0 unspecified atom stereocenters. The maximum Gasteiger partial charge on any atom is 0.226 e. The van der Waals surface area contributed by atoms with Crippen LogP contribution in [0.25, 0.3) is 11.6 Å². The molecule has 0 atom stereocenters. The summed E-state index contributed by atoms with van der Waals surface area (Å²) in [6, 6.07) is 3.74. The van der Waals surface area contributed by atoms with Gasteiger partial charge in [0.1, 0.15) is 0 Å². The van der Waals surface area contributed by atoms with Crippen LogP contribution < -0.4 is 0 Å². The molecule has 3 aromatic heterocycles.